The lowest BCUT2D eigenvalue weighted by atomic mass is 10.0. The molecule has 0 aromatic heterocycles. The zero-order valence-corrected chi connectivity index (χ0v) is 9.16. The molecule has 0 heterocycles. The molecule has 0 bridgehead atoms. The zero-order chi connectivity index (χ0) is 10.7. The van der Waals surface area contributed by atoms with Gasteiger partial charge in [0.2, 0.25) is 0 Å². The van der Waals surface area contributed by atoms with Crippen LogP contribution >= 0.6 is 0 Å². The molecule has 0 spiro atoms. The number of aryl methyl sites for hydroxylation is 2. The van der Waals surface area contributed by atoms with Crippen molar-refractivity contribution < 1.29 is 9.94 Å². The quantitative estimate of drug-likeness (QED) is 0.750. The maximum atomic E-state index is 9.18. The van der Waals surface area contributed by atoms with Crippen LogP contribution in [0.3, 0.4) is 0 Å². The van der Waals surface area contributed by atoms with Crippen molar-refractivity contribution in [3.63, 3.8) is 0 Å². The highest BCUT2D eigenvalue weighted by Gasteiger charge is 2.06. The lowest BCUT2D eigenvalue weighted by molar-refractivity contribution is -0.0734. The van der Waals surface area contributed by atoms with Crippen molar-refractivity contribution in [1.82, 2.24) is 5.06 Å². The normalized spacial score (nSPS) is 10.7. The van der Waals surface area contributed by atoms with Gasteiger partial charge in [0.1, 0.15) is 5.75 Å². The van der Waals surface area contributed by atoms with Crippen LogP contribution in [0.4, 0.5) is 0 Å². The molecular weight excluding hydrogens is 178 g/mol. The molecule has 0 saturated carbocycles. The maximum absolute atomic E-state index is 9.18. The average Bonchev–Trinajstić information content (AvgIpc) is 2.10. The smallest absolute Gasteiger partial charge is 0.119 e. The standard InChI is InChI=1S/C11H17NO2/c1-8-5-10(14-4)6-9(2)11(8)7-12(3)13/h5-6,13H,7H2,1-4H3. The molecule has 0 aliphatic heterocycles. The van der Waals surface area contributed by atoms with E-state index in [-0.39, 0.29) is 0 Å². The summed E-state index contributed by atoms with van der Waals surface area (Å²) in [4.78, 5) is 0. The third-order valence-electron chi connectivity index (χ3n) is 2.29. The Bertz CT molecular complexity index is 298. The number of methoxy groups -OCH3 is 1. The Morgan fingerprint density at radius 1 is 1.29 bits per heavy atom. The third kappa shape index (κ3) is 2.47. The molecule has 3 heteroatoms. The molecule has 0 saturated heterocycles. The Morgan fingerprint density at radius 2 is 1.79 bits per heavy atom. The fraction of sp³-hybridized carbons (Fsp3) is 0.455. The Hall–Kier alpha value is -1.06. The molecule has 1 rings (SSSR count). The predicted molar refractivity (Wildman–Crippen MR) is 55.7 cm³/mol. The first-order valence-electron chi connectivity index (χ1n) is 4.58. The van der Waals surface area contributed by atoms with Crippen molar-refractivity contribution in [1.29, 1.82) is 0 Å². The molecule has 3 nitrogen and oxygen atoms in total. The summed E-state index contributed by atoms with van der Waals surface area (Å²) in [5.41, 5.74) is 3.43. The highest BCUT2D eigenvalue weighted by molar-refractivity contribution is 5.40. The van der Waals surface area contributed by atoms with Gasteiger partial charge in [-0.3, -0.25) is 0 Å². The Labute approximate surface area is 84.9 Å². The van der Waals surface area contributed by atoms with E-state index in [1.54, 1.807) is 14.2 Å². The highest BCUT2D eigenvalue weighted by atomic mass is 16.5. The van der Waals surface area contributed by atoms with Crippen molar-refractivity contribution in [2.45, 2.75) is 20.4 Å². The molecule has 0 aliphatic carbocycles. The third-order valence-corrected chi connectivity index (χ3v) is 2.29. The van der Waals surface area contributed by atoms with Gasteiger partial charge in [-0.25, -0.2) is 0 Å². The number of rotatable bonds is 3. The minimum Gasteiger partial charge on any atom is -0.497 e. The number of nitrogens with zero attached hydrogens (tertiary/aromatic N) is 1. The molecule has 78 valence electrons. The fourth-order valence-electron chi connectivity index (χ4n) is 1.55. The SMILES string of the molecule is COc1cc(C)c(CN(C)O)c(C)c1. The number of ether oxygens (including phenoxy) is 1. The van der Waals surface area contributed by atoms with Crippen molar-refractivity contribution in [2.24, 2.45) is 0 Å². The van der Waals surface area contributed by atoms with Crippen molar-refractivity contribution in [3.05, 3.63) is 28.8 Å². The van der Waals surface area contributed by atoms with Crippen LogP contribution in [0.2, 0.25) is 0 Å². The molecule has 0 fully saturated rings. The number of hydroxylamine groups is 2. The molecule has 0 unspecified atom stereocenters. The van der Waals surface area contributed by atoms with Gasteiger partial charge in [0.25, 0.3) is 0 Å². The summed E-state index contributed by atoms with van der Waals surface area (Å²) in [6.07, 6.45) is 0. The molecular formula is C11H17NO2. The second kappa shape index (κ2) is 4.44. The minimum atomic E-state index is 0.543. The monoisotopic (exact) mass is 195 g/mol. The molecule has 0 radical (unpaired) electrons. The number of hydrogen-bond acceptors (Lipinski definition) is 3. The van der Waals surface area contributed by atoms with E-state index in [4.69, 9.17) is 4.74 Å². The van der Waals surface area contributed by atoms with Gasteiger partial charge >= 0.3 is 0 Å². The van der Waals surface area contributed by atoms with Gasteiger partial charge in [-0.2, -0.15) is 5.06 Å². The van der Waals surface area contributed by atoms with Crippen LogP contribution in [0, 0.1) is 13.8 Å². The van der Waals surface area contributed by atoms with Crippen LogP contribution in [0.1, 0.15) is 16.7 Å². The van der Waals surface area contributed by atoms with Gasteiger partial charge in [-0.1, -0.05) is 0 Å². The van der Waals surface area contributed by atoms with E-state index in [1.807, 2.05) is 26.0 Å². The lowest BCUT2D eigenvalue weighted by Crippen LogP contribution is -2.13. The van der Waals surface area contributed by atoms with E-state index < -0.39 is 0 Å². The Morgan fingerprint density at radius 3 is 2.14 bits per heavy atom. The maximum Gasteiger partial charge on any atom is 0.119 e. The Kier molecular flexibility index (Phi) is 3.49. The lowest BCUT2D eigenvalue weighted by Gasteiger charge is -2.15. The summed E-state index contributed by atoms with van der Waals surface area (Å²) in [7, 11) is 3.30. The zero-order valence-electron chi connectivity index (χ0n) is 9.16. The Balaban J connectivity index is 3.05. The van der Waals surface area contributed by atoms with Crippen LogP contribution in [-0.4, -0.2) is 24.4 Å². The topological polar surface area (TPSA) is 32.7 Å². The van der Waals surface area contributed by atoms with E-state index in [1.165, 1.54) is 5.06 Å². The van der Waals surface area contributed by atoms with Gasteiger partial charge in [0.05, 0.1) is 7.11 Å². The molecule has 0 amide bonds. The molecule has 1 aromatic rings. The van der Waals surface area contributed by atoms with E-state index in [0.717, 1.165) is 22.4 Å². The summed E-state index contributed by atoms with van der Waals surface area (Å²) in [5.74, 6) is 0.865. The molecule has 1 aromatic carbocycles. The van der Waals surface area contributed by atoms with Crippen molar-refractivity contribution >= 4 is 0 Å². The summed E-state index contributed by atoms with van der Waals surface area (Å²) in [6, 6.07) is 3.96. The first-order chi connectivity index (χ1) is 6.54. The van der Waals surface area contributed by atoms with Gasteiger partial charge in [0, 0.05) is 13.6 Å². The van der Waals surface area contributed by atoms with Crippen molar-refractivity contribution in [2.75, 3.05) is 14.2 Å². The van der Waals surface area contributed by atoms with Crippen LogP contribution in [0.15, 0.2) is 12.1 Å². The van der Waals surface area contributed by atoms with E-state index in [0.29, 0.717) is 6.54 Å². The minimum absolute atomic E-state index is 0.543. The van der Waals surface area contributed by atoms with Gasteiger partial charge < -0.3 is 9.94 Å². The van der Waals surface area contributed by atoms with Crippen LogP contribution in [0.5, 0.6) is 5.75 Å². The van der Waals surface area contributed by atoms with Gasteiger partial charge in [-0.05, 0) is 42.7 Å². The fourth-order valence-corrected chi connectivity index (χ4v) is 1.55. The predicted octanol–water partition coefficient (Wildman–Crippen LogP) is 2.13. The molecule has 0 aliphatic rings. The molecule has 0 atom stereocenters. The highest BCUT2D eigenvalue weighted by Crippen LogP contribution is 2.22. The first-order valence-corrected chi connectivity index (χ1v) is 4.58. The summed E-state index contributed by atoms with van der Waals surface area (Å²) < 4.78 is 5.16. The number of hydrogen-bond donors (Lipinski definition) is 1. The van der Waals surface area contributed by atoms with Crippen molar-refractivity contribution in [3.8, 4) is 5.75 Å². The summed E-state index contributed by atoms with van der Waals surface area (Å²) >= 11 is 0. The first kappa shape index (κ1) is 11.0. The average molecular weight is 195 g/mol. The molecule has 14 heavy (non-hydrogen) atoms. The van der Waals surface area contributed by atoms with E-state index in [2.05, 4.69) is 0 Å². The second-order valence-corrected chi connectivity index (χ2v) is 3.56. The van der Waals surface area contributed by atoms with E-state index in [9.17, 15) is 5.21 Å². The van der Waals surface area contributed by atoms with Crippen LogP contribution in [0.25, 0.3) is 0 Å². The largest absolute Gasteiger partial charge is 0.497 e. The second-order valence-electron chi connectivity index (χ2n) is 3.56. The summed E-state index contributed by atoms with van der Waals surface area (Å²) in [6.45, 7) is 4.59. The molecule has 1 N–H and O–H groups in total. The van der Waals surface area contributed by atoms with Crippen LogP contribution in [-0.2, 0) is 6.54 Å². The van der Waals surface area contributed by atoms with Gasteiger partial charge in [-0.15, -0.1) is 0 Å². The summed E-state index contributed by atoms with van der Waals surface area (Å²) in [5, 5.41) is 10.4. The van der Waals surface area contributed by atoms with Gasteiger partial charge in [0.15, 0.2) is 0 Å². The number of benzene rings is 1. The van der Waals surface area contributed by atoms with E-state index >= 15 is 0 Å². The van der Waals surface area contributed by atoms with Crippen LogP contribution < -0.4 is 4.74 Å².